The third kappa shape index (κ3) is 2.90. The minimum atomic E-state index is -0.0450. The van der Waals surface area contributed by atoms with E-state index in [-0.39, 0.29) is 12.2 Å². The van der Waals surface area contributed by atoms with E-state index >= 15 is 0 Å². The molecule has 0 saturated carbocycles. The molecule has 4 aromatic rings. The number of hydrogen-bond acceptors (Lipinski definition) is 4. The summed E-state index contributed by atoms with van der Waals surface area (Å²) in [6.07, 6.45) is 7.09. The van der Waals surface area contributed by atoms with Crippen LogP contribution in [0.25, 0.3) is 22.1 Å². The number of hydrogen-bond donors (Lipinski definition) is 0. The monoisotopic (exact) mass is 458 g/mol. The van der Waals surface area contributed by atoms with E-state index in [1.54, 1.807) is 4.40 Å². The molecule has 122 valence electrons. The number of benzene rings is 2. The number of terminal acetylenes is 1. The van der Waals surface area contributed by atoms with Crippen LogP contribution in [0.2, 0.25) is 0 Å². The van der Waals surface area contributed by atoms with E-state index in [0.717, 1.165) is 25.9 Å². The molecule has 0 spiro atoms. The molecule has 4 rings (SSSR count). The Kier molecular flexibility index (Phi) is 4.19. The Labute approximate surface area is 160 Å². The van der Waals surface area contributed by atoms with Gasteiger partial charge in [-0.25, -0.2) is 9.38 Å². The highest BCUT2D eigenvalue weighted by Crippen LogP contribution is 2.22. The van der Waals surface area contributed by atoms with Crippen LogP contribution in [-0.4, -0.2) is 16.0 Å². The van der Waals surface area contributed by atoms with Crippen LogP contribution >= 0.6 is 33.9 Å². The van der Waals surface area contributed by atoms with E-state index in [0.29, 0.717) is 9.49 Å². The Balaban J connectivity index is 1.82. The van der Waals surface area contributed by atoms with Crippen molar-refractivity contribution in [1.82, 2.24) is 9.38 Å². The second-order valence-electron chi connectivity index (χ2n) is 5.32. The molecule has 0 fully saturated rings. The van der Waals surface area contributed by atoms with Gasteiger partial charge in [0.1, 0.15) is 12.4 Å². The molecule has 4 nitrogen and oxygen atoms in total. The number of rotatable bonds is 3. The quantitative estimate of drug-likeness (QED) is 0.350. The lowest BCUT2D eigenvalue weighted by Crippen LogP contribution is -2.22. The van der Waals surface area contributed by atoms with E-state index in [2.05, 4.69) is 33.5 Å². The first kappa shape index (κ1) is 16.1. The summed E-state index contributed by atoms with van der Waals surface area (Å²) in [4.78, 5) is 18.0. The minimum Gasteiger partial charge on any atom is -0.480 e. The van der Waals surface area contributed by atoms with Gasteiger partial charge in [-0.05, 0) is 58.5 Å². The highest BCUT2D eigenvalue weighted by molar-refractivity contribution is 14.1. The summed E-state index contributed by atoms with van der Waals surface area (Å²) in [5.41, 5.74) is 2.56. The molecule has 0 unspecified atom stereocenters. The summed E-state index contributed by atoms with van der Waals surface area (Å²) >= 11 is 3.59. The number of ether oxygens (including phenoxy) is 1. The van der Waals surface area contributed by atoms with Gasteiger partial charge < -0.3 is 4.74 Å². The van der Waals surface area contributed by atoms with E-state index in [4.69, 9.17) is 11.2 Å². The van der Waals surface area contributed by atoms with Crippen LogP contribution in [0.1, 0.15) is 5.56 Å². The van der Waals surface area contributed by atoms with Crippen LogP contribution in [0.3, 0.4) is 0 Å². The van der Waals surface area contributed by atoms with Gasteiger partial charge >= 0.3 is 0 Å². The van der Waals surface area contributed by atoms with Crippen molar-refractivity contribution in [3.05, 3.63) is 66.5 Å². The normalized spacial score (nSPS) is 11.9. The molecular weight excluding hydrogens is 447 g/mol. The molecule has 0 aliphatic rings. The zero-order valence-corrected chi connectivity index (χ0v) is 15.9. The second-order valence-corrected chi connectivity index (χ2v) is 7.49. The zero-order valence-electron chi connectivity index (χ0n) is 12.9. The van der Waals surface area contributed by atoms with Crippen LogP contribution in [0.4, 0.5) is 0 Å². The fourth-order valence-electron chi connectivity index (χ4n) is 2.61. The van der Waals surface area contributed by atoms with Gasteiger partial charge in [-0.1, -0.05) is 35.5 Å². The molecule has 0 aliphatic heterocycles. The molecule has 25 heavy (non-hydrogen) atoms. The molecule has 0 radical (unpaired) electrons. The average molecular weight is 458 g/mol. The van der Waals surface area contributed by atoms with Gasteiger partial charge in [0.25, 0.3) is 5.56 Å². The van der Waals surface area contributed by atoms with Gasteiger partial charge in [-0.3, -0.25) is 4.79 Å². The van der Waals surface area contributed by atoms with Gasteiger partial charge in [0.2, 0.25) is 0 Å². The van der Waals surface area contributed by atoms with E-state index < -0.39 is 0 Å². The number of thiazole rings is 1. The Morgan fingerprint density at radius 1 is 1.32 bits per heavy atom. The first-order chi connectivity index (χ1) is 12.2. The number of aromatic nitrogens is 2. The van der Waals surface area contributed by atoms with Gasteiger partial charge in [0.05, 0.1) is 19.1 Å². The predicted molar refractivity (Wildman–Crippen MR) is 109 cm³/mol. The van der Waals surface area contributed by atoms with Crippen molar-refractivity contribution in [3.8, 4) is 18.1 Å². The summed E-state index contributed by atoms with van der Waals surface area (Å²) in [7, 11) is 0. The van der Waals surface area contributed by atoms with E-state index in [1.807, 2.05) is 48.5 Å². The molecule has 0 aliphatic carbocycles. The molecule has 0 atom stereocenters. The highest BCUT2D eigenvalue weighted by atomic mass is 127. The molecule has 2 heterocycles. The highest BCUT2D eigenvalue weighted by Gasteiger charge is 2.10. The lowest BCUT2D eigenvalue weighted by atomic mass is 10.2. The zero-order chi connectivity index (χ0) is 17.4. The van der Waals surface area contributed by atoms with Crippen LogP contribution in [0.5, 0.6) is 5.75 Å². The fraction of sp³-hybridized carbons (Fsp3) is 0.0526. The molecule has 0 bridgehead atoms. The second kappa shape index (κ2) is 6.50. The molecule has 6 heteroatoms. The summed E-state index contributed by atoms with van der Waals surface area (Å²) < 4.78 is 8.74. The molecule has 0 amide bonds. The number of halogens is 1. The maximum absolute atomic E-state index is 12.8. The maximum Gasteiger partial charge on any atom is 0.274 e. The van der Waals surface area contributed by atoms with E-state index in [9.17, 15) is 4.79 Å². The largest absolute Gasteiger partial charge is 0.480 e. The topological polar surface area (TPSA) is 43.6 Å². The number of imidazole rings is 1. The Hall–Kier alpha value is -2.37. The van der Waals surface area contributed by atoms with Crippen LogP contribution in [0, 0.1) is 15.9 Å². The van der Waals surface area contributed by atoms with Gasteiger partial charge in [-0.2, -0.15) is 0 Å². The van der Waals surface area contributed by atoms with Gasteiger partial charge in [0.15, 0.2) is 4.96 Å². The summed E-state index contributed by atoms with van der Waals surface area (Å²) in [5.74, 6) is 3.19. The van der Waals surface area contributed by atoms with Crippen molar-refractivity contribution in [2.24, 2.45) is 0 Å². The fourth-order valence-corrected chi connectivity index (χ4v) is 4.29. The van der Waals surface area contributed by atoms with Crippen molar-refractivity contribution < 1.29 is 4.74 Å². The molecule has 0 saturated heterocycles. The molecule has 2 aromatic heterocycles. The van der Waals surface area contributed by atoms with E-state index in [1.165, 1.54) is 11.3 Å². The van der Waals surface area contributed by atoms with Crippen molar-refractivity contribution in [2.45, 2.75) is 0 Å². The first-order valence-corrected chi connectivity index (χ1v) is 9.34. The Morgan fingerprint density at radius 2 is 2.16 bits per heavy atom. The SMILES string of the molecule is C#CCOc1ccc(/C=c2\sc3nc4ccccc4n3c2=O)cc1I. The Morgan fingerprint density at radius 3 is 2.96 bits per heavy atom. The van der Waals surface area contributed by atoms with Crippen molar-refractivity contribution >= 4 is 56.0 Å². The predicted octanol–water partition coefficient (Wildman–Crippen LogP) is 3.07. The first-order valence-electron chi connectivity index (χ1n) is 7.45. The molecule has 0 N–H and O–H groups in total. The summed E-state index contributed by atoms with van der Waals surface area (Å²) in [6, 6.07) is 13.4. The van der Waals surface area contributed by atoms with Crippen LogP contribution < -0.4 is 14.8 Å². The summed E-state index contributed by atoms with van der Waals surface area (Å²) in [5, 5.41) is 0. The minimum absolute atomic E-state index is 0.0450. The average Bonchev–Trinajstić information content (AvgIpc) is 3.11. The third-order valence-electron chi connectivity index (χ3n) is 3.71. The van der Waals surface area contributed by atoms with Crippen molar-refractivity contribution in [1.29, 1.82) is 0 Å². The standard InChI is InChI=1S/C19H11IN2O2S/c1-2-9-24-16-8-7-12(10-13(16)20)11-17-18(23)22-15-6-4-3-5-14(15)21-19(22)25-17/h1,3-8,10-11H,9H2/b17-11-. The summed E-state index contributed by atoms with van der Waals surface area (Å²) in [6.45, 7) is 0.235. The molecular formula is C19H11IN2O2S. The van der Waals surface area contributed by atoms with Crippen molar-refractivity contribution in [3.63, 3.8) is 0 Å². The smallest absolute Gasteiger partial charge is 0.274 e. The number of nitrogens with zero attached hydrogens (tertiary/aromatic N) is 2. The Bertz CT molecular complexity index is 1250. The van der Waals surface area contributed by atoms with Crippen LogP contribution in [-0.2, 0) is 0 Å². The lowest BCUT2D eigenvalue weighted by molar-refractivity contribution is 0.368. The third-order valence-corrected chi connectivity index (χ3v) is 5.52. The van der Waals surface area contributed by atoms with Crippen molar-refractivity contribution in [2.75, 3.05) is 6.61 Å². The number of fused-ring (bicyclic) bond motifs is 3. The van der Waals surface area contributed by atoms with Crippen LogP contribution in [0.15, 0.2) is 47.3 Å². The molecule has 2 aromatic carbocycles. The van der Waals surface area contributed by atoms with Gasteiger partial charge in [-0.15, -0.1) is 6.42 Å². The maximum atomic E-state index is 12.8. The van der Waals surface area contributed by atoms with Gasteiger partial charge in [0, 0.05) is 0 Å². The number of para-hydroxylation sites is 2. The lowest BCUT2D eigenvalue weighted by Gasteiger charge is -2.05.